The van der Waals surface area contributed by atoms with Crippen LogP contribution in [0, 0.1) is 6.92 Å². The fourth-order valence-corrected chi connectivity index (χ4v) is 4.02. The number of rotatable bonds is 4. The van der Waals surface area contributed by atoms with Crippen LogP contribution < -0.4 is 4.57 Å². The first-order valence-electron chi connectivity index (χ1n) is 10.3. The summed E-state index contributed by atoms with van der Waals surface area (Å²) in [5, 5.41) is 2.66. The van der Waals surface area contributed by atoms with Gasteiger partial charge in [-0.25, -0.2) is 4.57 Å². The third kappa shape index (κ3) is 3.65. The lowest BCUT2D eigenvalue weighted by Gasteiger charge is -2.18. The average Bonchev–Trinajstić information content (AvgIpc) is 2.61. The second-order valence-electron chi connectivity index (χ2n) is 8.87. The smallest absolute Gasteiger partial charge is 0.200 e. The highest BCUT2D eigenvalue weighted by Gasteiger charge is 2.21. The molecule has 0 saturated heterocycles. The first kappa shape index (κ1) is 19.6. The molecular formula is C26H34N+. The molecule has 0 aliphatic carbocycles. The molecule has 2 aromatic carbocycles. The summed E-state index contributed by atoms with van der Waals surface area (Å²) in [4.78, 5) is 0. The van der Waals surface area contributed by atoms with Gasteiger partial charge >= 0.3 is 0 Å². The molecule has 0 atom stereocenters. The second kappa shape index (κ2) is 7.46. The molecule has 0 bridgehead atoms. The number of fused-ring (bicyclic) bond motifs is 1. The molecule has 0 spiro atoms. The molecule has 0 N–H and O–H groups in total. The van der Waals surface area contributed by atoms with Crippen LogP contribution in [0.25, 0.3) is 22.0 Å². The zero-order chi connectivity index (χ0) is 19.9. The fourth-order valence-electron chi connectivity index (χ4n) is 4.02. The Kier molecular flexibility index (Phi) is 5.42. The maximum atomic E-state index is 2.41. The van der Waals surface area contributed by atoms with Crippen LogP contribution in [0.3, 0.4) is 0 Å². The summed E-state index contributed by atoms with van der Waals surface area (Å²) in [6, 6.07) is 14.0. The van der Waals surface area contributed by atoms with Crippen LogP contribution in [0.4, 0.5) is 0 Å². The van der Waals surface area contributed by atoms with Gasteiger partial charge in [0.15, 0.2) is 6.20 Å². The number of nitrogens with zero attached hydrogens (tertiary/aromatic N) is 1. The molecule has 1 heteroatoms. The van der Waals surface area contributed by atoms with Crippen LogP contribution in [0.1, 0.15) is 81.5 Å². The quantitative estimate of drug-likeness (QED) is 0.441. The van der Waals surface area contributed by atoms with Crippen molar-refractivity contribution in [3.05, 3.63) is 64.8 Å². The zero-order valence-corrected chi connectivity index (χ0v) is 18.2. The summed E-state index contributed by atoms with van der Waals surface area (Å²) in [6.07, 6.45) is 2.21. The zero-order valence-electron chi connectivity index (χ0n) is 18.2. The van der Waals surface area contributed by atoms with Gasteiger partial charge in [0.25, 0.3) is 0 Å². The minimum absolute atomic E-state index is 0.523. The van der Waals surface area contributed by atoms with Gasteiger partial charge in [0.1, 0.15) is 7.05 Å². The first-order valence-corrected chi connectivity index (χ1v) is 10.3. The van der Waals surface area contributed by atoms with Crippen molar-refractivity contribution in [3.8, 4) is 11.3 Å². The summed E-state index contributed by atoms with van der Waals surface area (Å²) in [7, 11) is 2.17. The Labute approximate surface area is 165 Å². The average molecular weight is 361 g/mol. The van der Waals surface area contributed by atoms with E-state index in [1.807, 2.05) is 0 Å². The maximum Gasteiger partial charge on any atom is 0.220 e. The standard InChI is InChI=1S/C26H34N/c1-16(2)20-9-10-23-21(13-20)11-12-27(8)26(23)25-15-22(17(3)4)14-24(18(5)6)19(25)7/h9-18H,1-8H3/q+1. The number of benzene rings is 2. The number of hydrogen-bond donors (Lipinski definition) is 0. The van der Waals surface area contributed by atoms with Crippen LogP contribution in [0.5, 0.6) is 0 Å². The monoisotopic (exact) mass is 360 g/mol. The fraction of sp³-hybridized carbons (Fsp3) is 0.423. The Bertz CT molecular complexity index is 977. The van der Waals surface area contributed by atoms with E-state index in [1.54, 1.807) is 0 Å². The van der Waals surface area contributed by atoms with E-state index in [9.17, 15) is 0 Å². The van der Waals surface area contributed by atoms with Crippen LogP contribution >= 0.6 is 0 Å². The molecule has 1 aromatic heterocycles. The van der Waals surface area contributed by atoms with Crippen LogP contribution in [0.15, 0.2) is 42.6 Å². The van der Waals surface area contributed by atoms with Gasteiger partial charge < -0.3 is 0 Å². The van der Waals surface area contributed by atoms with E-state index in [-0.39, 0.29) is 0 Å². The van der Waals surface area contributed by atoms with E-state index in [2.05, 4.69) is 103 Å². The van der Waals surface area contributed by atoms with Gasteiger partial charge in [-0.3, -0.25) is 0 Å². The van der Waals surface area contributed by atoms with Gasteiger partial charge in [0, 0.05) is 6.07 Å². The molecule has 0 fully saturated rings. The molecule has 1 nitrogen and oxygen atoms in total. The molecule has 0 amide bonds. The summed E-state index contributed by atoms with van der Waals surface area (Å²) in [5.74, 6) is 1.59. The molecule has 0 aliphatic heterocycles. The number of hydrogen-bond acceptors (Lipinski definition) is 0. The van der Waals surface area contributed by atoms with Gasteiger partial charge in [0.05, 0.1) is 10.9 Å². The van der Waals surface area contributed by atoms with Crippen molar-refractivity contribution in [2.24, 2.45) is 7.05 Å². The minimum atomic E-state index is 0.523. The molecular weight excluding hydrogens is 326 g/mol. The molecule has 3 aromatic rings. The van der Waals surface area contributed by atoms with Gasteiger partial charge in [-0.05, 0) is 64.5 Å². The van der Waals surface area contributed by atoms with E-state index in [1.165, 1.54) is 44.3 Å². The van der Waals surface area contributed by atoms with E-state index >= 15 is 0 Å². The van der Waals surface area contributed by atoms with Gasteiger partial charge in [0.2, 0.25) is 5.69 Å². The van der Waals surface area contributed by atoms with Gasteiger partial charge in [-0.2, -0.15) is 0 Å². The highest BCUT2D eigenvalue weighted by Crippen LogP contribution is 2.35. The third-order valence-electron chi connectivity index (χ3n) is 5.84. The Morgan fingerprint density at radius 3 is 2.00 bits per heavy atom. The largest absolute Gasteiger partial charge is 0.220 e. The molecule has 0 saturated carbocycles. The molecule has 0 unspecified atom stereocenters. The second-order valence-corrected chi connectivity index (χ2v) is 8.87. The van der Waals surface area contributed by atoms with Crippen molar-refractivity contribution in [2.45, 2.75) is 66.2 Å². The number of pyridine rings is 1. The van der Waals surface area contributed by atoms with E-state index in [4.69, 9.17) is 0 Å². The van der Waals surface area contributed by atoms with Crippen LogP contribution in [-0.4, -0.2) is 0 Å². The van der Waals surface area contributed by atoms with Gasteiger partial charge in [-0.1, -0.05) is 59.7 Å². The summed E-state index contributed by atoms with van der Waals surface area (Å²) < 4.78 is 2.29. The molecule has 0 radical (unpaired) electrons. The normalized spacial score (nSPS) is 12.0. The molecule has 27 heavy (non-hydrogen) atoms. The highest BCUT2D eigenvalue weighted by molar-refractivity contribution is 5.94. The number of aromatic nitrogens is 1. The van der Waals surface area contributed by atoms with Crippen molar-refractivity contribution in [1.29, 1.82) is 0 Å². The molecule has 3 rings (SSSR count). The van der Waals surface area contributed by atoms with Gasteiger partial charge in [-0.15, -0.1) is 0 Å². The lowest BCUT2D eigenvalue weighted by Crippen LogP contribution is -2.31. The maximum absolute atomic E-state index is 2.41. The Morgan fingerprint density at radius 1 is 0.741 bits per heavy atom. The van der Waals surface area contributed by atoms with E-state index < -0.39 is 0 Å². The SMILES string of the molecule is Cc1c(-c2c3ccc(C(C)C)cc3cc[n+]2C)cc(C(C)C)cc1C(C)C. The molecule has 1 heterocycles. The molecule has 0 aliphatic rings. The summed E-state index contributed by atoms with van der Waals surface area (Å²) in [6.45, 7) is 16.0. The third-order valence-corrected chi connectivity index (χ3v) is 5.84. The van der Waals surface area contributed by atoms with E-state index in [0.717, 1.165) is 0 Å². The van der Waals surface area contributed by atoms with Crippen molar-refractivity contribution in [3.63, 3.8) is 0 Å². The van der Waals surface area contributed by atoms with Crippen molar-refractivity contribution in [1.82, 2.24) is 0 Å². The topological polar surface area (TPSA) is 3.88 Å². The van der Waals surface area contributed by atoms with Crippen LogP contribution in [-0.2, 0) is 7.05 Å². The summed E-state index contributed by atoms with van der Waals surface area (Å²) in [5.41, 5.74) is 8.39. The Balaban J connectivity index is 2.36. The van der Waals surface area contributed by atoms with Crippen molar-refractivity contribution < 1.29 is 4.57 Å². The highest BCUT2D eigenvalue weighted by atomic mass is 14.9. The molecule has 142 valence electrons. The Hall–Kier alpha value is -2.15. The Morgan fingerprint density at radius 2 is 1.41 bits per heavy atom. The predicted molar refractivity (Wildman–Crippen MR) is 118 cm³/mol. The van der Waals surface area contributed by atoms with Crippen molar-refractivity contribution >= 4 is 10.8 Å². The first-order chi connectivity index (χ1) is 12.7. The van der Waals surface area contributed by atoms with Crippen LogP contribution in [0.2, 0.25) is 0 Å². The predicted octanol–water partition coefficient (Wildman–Crippen LogP) is 7.01. The van der Waals surface area contributed by atoms with Crippen molar-refractivity contribution in [2.75, 3.05) is 0 Å². The summed E-state index contributed by atoms with van der Waals surface area (Å²) >= 11 is 0. The van der Waals surface area contributed by atoms with E-state index in [0.29, 0.717) is 17.8 Å². The lowest BCUT2D eigenvalue weighted by atomic mass is 9.86. The minimum Gasteiger partial charge on any atom is -0.200 e. The lowest BCUT2D eigenvalue weighted by molar-refractivity contribution is -0.659. The number of aryl methyl sites for hydroxylation is 1.